The molecule has 0 spiro atoms. The summed E-state index contributed by atoms with van der Waals surface area (Å²) in [7, 11) is 1.92. The number of benzene rings is 2. The Labute approximate surface area is 266 Å². The van der Waals surface area contributed by atoms with Crippen LogP contribution in [0.1, 0.15) is 46.3 Å². The lowest BCUT2D eigenvalue weighted by Crippen LogP contribution is -2.46. The number of rotatable bonds is 13. The van der Waals surface area contributed by atoms with Crippen LogP contribution >= 0.6 is 11.6 Å². The lowest BCUT2D eigenvalue weighted by Gasteiger charge is -2.36. The molecular weight excluding hydrogens is 570 g/mol. The van der Waals surface area contributed by atoms with E-state index in [9.17, 15) is 4.79 Å². The minimum atomic E-state index is -0.216. The minimum Gasteiger partial charge on any atom is -0.348 e. The summed E-state index contributed by atoms with van der Waals surface area (Å²) < 4.78 is 0. The smallest absolute Gasteiger partial charge is 0.253 e. The van der Waals surface area contributed by atoms with Gasteiger partial charge in [-0.25, -0.2) is 0 Å². The predicted molar refractivity (Wildman–Crippen MR) is 182 cm³/mol. The molecule has 44 heavy (non-hydrogen) atoms. The molecule has 1 aliphatic carbocycles. The topological polar surface area (TPSA) is 96.7 Å². The zero-order chi connectivity index (χ0) is 31.5. The summed E-state index contributed by atoms with van der Waals surface area (Å²) in [6.45, 7) is 13.1. The maximum absolute atomic E-state index is 12.8. The van der Waals surface area contributed by atoms with Crippen molar-refractivity contribution in [2.45, 2.75) is 45.3 Å². The number of nitrogens with zero attached hydrogens (tertiary/aromatic N) is 4. The van der Waals surface area contributed by atoms with E-state index >= 15 is 0 Å². The lowest BCUT2D eigenvalue weighted by molar-refractivity contribution is 0.0950. The highest BCUT2D eigenvalue weighted by atomic mass is 35.5. The van der Waals surface area contributed by atoms with E-state index in [0.29, 0.717) is 29.5 Å². The van der Waals surface area contributed by atoms with Crippen LogP contribution < -0.4 is 15.5 Å². The Morgan fingerprint density at radius 3 is 2.59 bits per heavy atom. The number of hydrogen-bond acceptors (Lipinski definition) is 6. The zero-order valence-corrected chi connectivity index (χ0v) is 26.4. The van der Waals surface area contributed by atoms with Gasteiger partial charge in [-0.1, -0.05) is 67.2 Å². The highest BCUT2D eigenvalue weighted by Crippen LogP contribution is 2.26. The largest absolute Gasteiger partial charge is 0.348 e. The maximum Gasteiger partial charge on any atom is 0.253 e. The van der Waals surface area contributed by atoms with Crippen molar-refractivity contribution in [2.24, 2.45) is 4.99 Å². The molecule has 0 saturated heterocycles. The van der Waals surface area contributed by atoms with E-state index in [1.807, 2.05) is 61.3 Å². The van der Waals surface area contributed by atoms with Crippen molar-refractivity contribution in [3.63, 3.8) is 0 Å². The van der Waals surface area contributed by atoms with Gasteiger partial charge in [-0.2, -0.15) is 0 Å². The average Bonchev–Trinajstić information content (AvgIpc) is 3.03. The molecule has 3 aromatic rings. The van der Waals surface area contributed by atoms with Gasteiger partial charge in [0.25, 0.3) is 5.91 Å². The highest BCUT2D eigenvalue weighted by molar-refractivity contribution is 6.33. The molecule has 3 N–H and O–H groups in total. The summed E-state index contributed by atoms with van der Waals surface area (Å²) in [6.07, 6.45) is 7.74. The first-order valence-electron chi connectivity index (χ1n) is 14.9. The molecule has 1 atom stereocenters. The molecule has 1 unspecified atom stereocenters. The van der Waals surface area contributed by atoms with Gasteiger partial charge in [0.15, 0.2) is 0 Å². The van der Waals surface area contributed by atoms with Crippen LogP contribution in [-0.2, 0) is 13.1 Å². The van der Waals surface area contributed by atoms with Gasteiger partial charge in [-0.3, -0.25) is 25.1 Å². The molecule has 1 heterocycles. The summed E-state index contributed by atoms with van der Waals surface area (Å²) in [5.41, 5.74) is 6.43. The van der Waals surface area contributed by atoms with Gasteiger partial charge in [0, 0.05) is 57.5 Å². The highest BCUT2D eigenvalue weighted by Gasteiger charge is 2.28. The minimum absolute atomic E-state index is 0.134. The van der Waals surface area contributed by atoms with E-state index in [1.165, 1.54) is 11.8 Å². The van der Waals surface area contributed by atoms with Crippen molar-refractivity contribution >= 4 is 34.7 Å². The molecule has 230 valence electrons. The Morgan fingerprint density at radius 2 is 1.89 bits per heavy atom. The number of halogens is 1. The Bertz CT molecular complexity index is 1470. The van der Waals surface area contributed by atoms with E-state index < -0.39 is 0 Å². The van der Waals surface area contributed by atoms with Crippen molar-refractivity contribution < 1.29 is 4.79 Å². The third kappa shape index (κ3) is 8.72. The molecule has 1 amide bonds. The molecule has 0 bridgehead atoms. The summed E-state index contributed by atoms with van der Waals surface area (Å²) in [4.78, 5) is 25.8. The van der Waals surface area contributed by atoms with Gasteiger partial charge in [-0.15, -0.1) is 0 Å². The number of aromatic nitrogens is 1. The Hall–Kier alpha value is -4.11. The number of nitrogens with one attached hydrogen (secondary N) is 3. The number of carbonyl (C=O) groups excluding carboxylic acids is 1. The quantitative estimate of drug-likeness (QED) is 0.122. The molecular formula is C35H42ClN7O. The predicted octanol–water partition coefficient (Wildman–Crippen LogP) is 6.17. The molecule has 9 heteroatoms. The molecule has 0 radical (unpaired) electrons. The normalized spacial score (nSPS) is 15.8. The Morgan fingerprint density at radius 1 is 1.16 bits per heavy atom. The number of aryl methyl sites for hydroxylation is 1. The second-order valence-electron chi connectivity index (χ2n) is 11.0. The fourth-order valence-corrected chi connectivity index (χ4v) is 5.72. The van der Waals surface area contributed by atoms with Gasteiger partial charge in [0.1, 0.15) is 5.84 Å². The van der Waals surface area contributed by atoms with Crippen LogP contribution in [-0.4, -0.2) is 60.1 Å². The summed E-state index contributed by atoms with van der Waals surface area (Å²) >= 11 is 6.21. The van der Waals surface area contributed by atoms with Crippen molar-refractivity contribution in [2.75, 3.05) is 31.6 Å². The van der Waals surface area contributed by atoms with Crippen LogP contribution in [0.15, 0.2) is 96.9 Å². The molecule has 8 nitrogen and oxygen atoms in total. The number of likely N-dealkylation sites (N-methyl/N-ethyl adjacent to an activating group) is 1. The molecule has 2 aromatic carbocycles. The van der Waals surface area contributed by atoms with Gasteiger partial charge < -0.3 is 15.5 Å². The van der Waals surface area contributed by atoms with Crippen LogP contribution in [0.5, 0.6) is 0 Å². The molecule has 1 aromatic heterocycles. The molecule has 1 aliphatic rings. The third-order valence-electron chi connectivity index (χ3n) is 7.90. The lowest BCUT2D eigenvalue weighted by atomic mass is 9.88. The van der Waals surface area contributed by atoms with Crippen LogP contribution in [0.25, 0.3) is 0 Å². The van der Waals surface area contributed by atoms with Crippen LogP contribution in [0, 0.1) is 12.3 Å². The van der Waals surface area contributed by atoms with E-state index in [4.69, 9.17) is 17.0 Å². The van der Waals surface area contributed by atoms with Crippen LogP contribution in [0.4, 0.5) is 5.69 Å². The Kier molecular flexibility index (Phi) is 12.0. The number of anilines is 1. The van der Waals surface area contributed by atoms with Gasteiger partial charge in [-0.05, 0) is 60.6 Å². The van der Waals surface area contributed by atoms with E-state index in [-0.39, 0.29) is 11.9 Å². The number of para-hydroxylation sites is 1. The number of pyridine rings is 1. The van der Waals surface area contributed by atoms with Crippen molar-refractivity contribution in [1.82, 2.24) is 20.5 Å². The number of amidine groups is 1. The molecule has 1 fully saturated rings. The van der Waals surface area contributed by atoms with Crippen molar-refractivity contribution in [1.29, 1.82) is 5.41 Å². The van der Waals surface area contributed by atoms with E-state index in [0.717, 1.165) is 67.0 Å². The van der Waals surface area contributed by atoms with Crippen LogP contribution in [0.3, 0.4) is 0 Å². The first kappa shape index (κ1) is 32.8. The second kappa shape index (κ2) is 16.1. The average molecular weight is 612 g/mol. The standard InChI is InChI=1S/C35H42ClN7O/c1-5-40-34-25(2)10-9-13-31(34)43(19-18-38-23-32(37)42(4)29-11-7-6-8-12-29)24-28-16-14-27(15-17-28)21-41-35(44)33-26(3)20-39-22-30(33)36/h5-8,11-12,14-17,20,22,31,37-38H,1-2,9-10,13,18-19,21,23-24H2,3-4H3,(H,41,44). The molecule has 0 aliphatic heterocycles. The first-order valence-corrected chi connectivity index (χ1v) is 15.3. The van der Waals surface area contributed by atoms with Crippen molar-refractivity contribution in [3.05, 3.63) is 119 Å². The number of carbonyl (C=O) groups is 1. The first-order chi connectivity index (χ1) is 21.3. The summed E-state index contributed by atoms with van der Waals surface area (Å²) in [5.74, 6) is 0.291. The second-order valence-corrected chi connectivity index (χ2v) is 11.4. The zero-order valence-electron chi connectivity index (χ0n) is 25.7. The number of hydrogen-bond donors (Lipinski definition) is 3. The van der Waals surface area contributed by atoms with Gasteiger partial charge in [0.2, 0.25) is 0 Å². The van der Waals surface area contributed by atoms with Gasteiger partial charge in [0.05, 0.1) is 28.9 Å². The fourth-order valence-electron chi connectivity index (χ4n) is 5.43. The third-order valence-corrected chi connectivity index (χ3v) is 8.19. The Balaban J connectivity index is 1.39. The fraction of sp³-hybridized carbons (Fsp3) is 0.314. The van der Waals surface area contributed by atoms with E-state index in [1.54, 1.807) is 12.4 Å². The molecule has 1 saturated carbocycles. The van der Waals surface area contributed by atoms with E-state index in [2.05, 4.69) is 50.8 Å². The van der Waals surface area contributed by atoms with Crippen LogP contribution in [0.2, 0.25) is 5.02 Å². The maximum atomic E-state index is 12.8. The number of amides is 1. The number of aliphatic imine (C=N–C) groups is 1. The summed E-state index contributed by atoms with van der Waals surface area (Å²) in [6, 6.07) is 18.4. The van der Waals surface area contributed by atoms with Crippen molar-refractivity contribution in [3.8, 4) is 0 Å². The molecule has 4 rings (SSSR count). The monoisotopic (exact) mass is 611 g/mol. The SMILES string of the molecule is C=CN=C1C(=C)CCCC1N(CCNCC(=N)N(C)c1ccccc1)Cc1ccc(CNC(=O)c2c(C)cncc2Cl)cc1. The van der Waals surface area contributed by atoms with Gasteiger partial charge >= 0.3 is 0 Å². The summed E-state index contributed by atoms with van der Waals surface area (Å²) in [5, 5.41) is 15.3.